The van der Waals surface area contributed by atoms with Crippen molar-refractivity contribution in [1.29, 1.82) is 0 Å². The lowest BCUT2D eigenvalue weighted by Gasteiger charge is -2.15. The summed E-state index contributed by atoms with van der Waals surface area (Å²) in [6.07, 6.45) is -1.39. The van der Waals surface area contributed by atoms with Gasteiger partial charge in [-0.3, -0.25) is 9.59 Å². The number of aromatic nitrogens is 2. The van der Waals surface area contributed by atoms with Gasteiger partial charge in [0.25, 0.3) is 12.3 Å². The minimum atomic E-state index is -2.75. The molecule has 198 valence electrons. The van der Waals surface area contributed by atoms with Gasteiger partial charge in [0.15, 0.2) is 0 Å². The Morgan fingerprint density at radius 1 is 1.16 bits per heavy atom. The van der Waals surface area contributed by atoms with Gasteiger partial charge in [-0.05, 0) is 35.4 Å². The van der Waals surface area contributed by atoms with Gasteiger partial charge in [0.2, 0.25) is 11.2 Å². The molecule has 1 aliphatic heterocycles. The maximum Gasteiger partial charge on any atom is 0.263 e. The molecular formula is C25H25Cl2F3N4O3. The Kier molecular flexibility index (Phi) is 11.3. The van der Waals surface area contributed by atoms with Gasteiger partial charge in [-0.15, -0.1) is 0 Å². The van der Waals surface area contributed by atoms with E-state index in [4.69, 9.17) is 28.3 Å². The number of rotatable bonds is 6. The fourth-order valence-corrected chi connectivity index (χ4v) is 3.81. The van der Waals surface area contributed by atoms with Crippen LogP contribution in [0.3, 0.4) is 0 Å². The molecule has 12 heteroatoms. The van der Waals surface area contributed by atoms with Crippen LogP contribution in [-0.4, -0.2) is 45.4 Å². The molecule has 0 saturated heterocycles. The summed E-state index contributed by atoms with van der Waals surface area (Å²) >= 11 is 12.0. The minimum absolute atomic E-state index is 0.00930. The average molecular weight is 557 g/mol. The quantitative estimate of drug-likeness (QED) is 0.394. The third-order valence-electron chi connectivity index (χ3n) is 5.11. The lowest BCUT2D eigenvalue weighted by molar-refractivity contribution is -0.122. The van der Waals surface area contributed by atoms with Crippen LogP contribution < -0.4 is 5.32 Å². The predicted molar refractivity (Wildman–Crippen MR) is 135 cm³/mol. The number of aliphatic hydroxyl groups excluding tert-OH is 1. The van der Waals surface area contributed by atoms with Crippen molar-refractivity contribution in [3.05, 3.63) is 81.0 Å². The van der Waals surface area contributed by atoms with Crippen molar-refractivity contribution in [2.24, 2.45) is 0 Å². The molecule has 0 fully saturated rings. The van der Waals surface area contributed by atoms with E-state index in [0.29, 0.717) is 22.4 Å². The zero-order chi connectivity index (χ0) is 27.7. The van der Waals surface area contributed by atoms with Crippen LogP contribution in [0.15, 0.2) is 42.6 Å². The van der Waals surface area contributed by atoms with E-state index in [1.54, 1.807) is 18.2 Å². The van der Waals surface area contributed by atoms with Crippen molar-refractivity contribution in [2.75, 3.05) is 13.7 Å². The van der Waals surface area contributed by atoms with Crippen LogP contribution in [0.2, 0.25) is 10.3 Å². The van der Waals surface area contributed by atoms with Crippen molar-refractivity contribution in [1.82, 2.24) is 20.2 Å². The molecule has 37 heavy (non-hydrogen) atoms. The first-order valence-electron chi connectivity index (χ1n) is 11.1. The number of aliphatic hydroxyl groups is 1. The molecule has 7 nitrogen and oxygen atoms in total. The summed E-state index contributed by atoms with van der Waals surface area (Å²) in [5, 5.41) is 9.74. The Morgan fingerprint density at radius 2 is 1.86 bits per heavy atom. The lowest BCUT2D eigenvalue weighted by atomic mass is 10.0. The van der Waals surface area contributed by atoms with Gasteiger partial charge in [-0.2, -0.15) is 0 Å². The summed E-state index contributed by atoms with van der Waals surface area (Å²) in [7, 11) is 1.00. The maximum absolute atomic E-state index is 13.9. The zero-order valence-electron chi connectivity index (χ0n) is 20.2. The molecule has 2 N–H and O–H groups in total. The first-order valence-corrected chi connectivity index (χ1v) is 11.9. The highest BCUT2D eigenvalue weighted by molar-refractivity contribution is 6.33. The average Bonchev–Trinajstić information content (AvgIpc) is 3.21. The fraction of sp³-hybridized carbons (Fsp3) is 0.280. The highest BCUT2D eigenvalue weighted by atomic mass is 35.5. The van der Waals surface area contributed by atoms with Gasteiger partial charge in [0.05, 0.1) is 16.9 Å². The van der Waals surface area contributed by atoms with E-state index in [1.807, 2.05) is 13.8 Å². The Hall–Kier alpha value is -3.21. The van der Waals surface area contributed by atoms with Crippen molar-refractivity contribution < 1.29 is 27.9 Å². The number of hydrogen-bond donors (Lipinski definition) is 2. The van der Waals surface area contributed by atoms with Gasteiger partial charge in [0.1, 0.15) is 12.4 Å². The smallest absolute Gasteiger partial charge is 0.263 e. The number of nitrogens with zero attached hydrogens (tertiary/aromatic N) is 3. The van der Waals surface area contributed by atoms with E-state index < -0.39 is 18.1 Å². The van der Waals surface area contributed by atoms with Crippen molar-refractivity contribution >= 4 is 35.0 Å². The molecule has 2 heterocycles. The van der Waals surface area contributed by atoms with Crippen LogP contribution in [0, 0.1) is 5.82 Å². The summed E-state index contributed by atoms with van der Waals surface area (Å²) in [4.78, 5) is 34.4. The number of alkyl halides is 2. The van der Waals surface area contributed by atoms with Crippen LogP contribution >= 0.6 is 23.2 Å². The number of carbonyl (C=O) groups is 2. The molecule has 0 unspecified atom stereocenters. The molecule has 2 amide bonds. The molecule has 0 bridgehead atoms. The summed E-state index contributed by atoms with van der Waals surface area (Å²) in [5.74, 6) is -1.63. The zero-order valence-corrected chi connectivity index (χ0v) is 21.7. The summed E-state index contributed by atoms with van der Waals surface area (Å²) in [6, 6.07) is 8.01. The fourth-order valence-electron chi connectivity index (χ4n) is 3.47. The molecule has 1 aliphatic rings. The van der Waals surface area contributed by atoms with E-state index in [-0.39, 0.29) is 47.0 Å². The second-order valence-corrected chi connectivity index (χ2v) is 8.04. The maximum atomic E-state index is 13.9. The van der Waals surface area contributed by atoms with Gasteiger partial charge in [0, 0.05) is 42.5 Å². The summed E-state index contributed by atoms with van der Waals surface area (Å²) in [5.41, 5.74) is 1.63. The lowest BCUT2D eigenvalue weighted by Crippen LogP contribution is -2.37. The number of amides is 2. The molecule has 2 aromatic carbocycles. The molecule has 0 spiro atoms. The largest absolute Gasteiger partial charge is 0.400 e. The van der Waals surface area contributed by atoms with Crippen LogP contribution in [0.1, 0.15) is 47.3 Å². The van der Waals surface area contributed by atoms with Crippen molar-refractivity contribution in [2.45, 2.75) is 33.4 Å². The molecule has 3 aromatic rings. The van der Waals surface area contributed by atoms with E-state index in [2.05, 4.69) is 15.3 Å². The van der Waals surface area contributed by atoms with Gasteiger partial charge in [-0.1, -0.05) is 43.6 Å². The molecule has 0 atom stereocenters. The van der Waals surface area contributed by atoms with E-state index >= 15 is 0 Å². The first-order chi connectivity index (χ1) is 17.7. The SMILES string of the molecule is CC.CO.O=C(CN1Cc2ccc(-c3nc(Cl)ncc3Cl)cc2C1=O)NCc1cc(C(F)F)ccc1F. The van der Waals surface area contributed by atoms with Gasteiger partial charge in [-0.25, -0.2) is 23.1 Å². The standard InChI is InChI=1S/C22H15Cl2F3N4O2.C2H6.CH4O/c23-16-8-29-22(24)30-19(16)11-1-2-13-9-31(21(33)15(13)6-11)10-18(32)28-7-14-5-12(20(26)27)3-4-17(14)25;2*1-2/h1-6,8,20H,7,9-10H2,(H,28,32);1-2H3;2H,1H3. The third kappa shape index (κ3) is 7.41. The van der Waals surface area contributed by atoms with Crippen LogP contribution in [-0.2, 0) is 17.9 Å². The number of halogens is 5. The first kappa shape index (κ1) is 30.0. The van der Waals surface area contributed by atoms with E-state index in [0.717, 1.165) is 25.3 Å². The second-order valence-electron chi connectivity index (χ2n) is 7.30. The molecule has 0 radical (unpaired) electrons. The minimum Gasteiger partial charge on any atom is -0.400 e. The highest BCUT2D eigenvalue weighted by Gasteiger charge is 2.29. The Balaban J connectivity index is 0.00000115. The third-order valence-corrected chi connectivity index (χ3v) is 5.57. The summed E-state index contributed by atoms with van der Waals surface area (Å²) in [6.45, 7) is 3.64. The number of fused-ring (bicyclic) bond motifs is 1. The monoisotopic (exact) mass is 556 g/mol. The normalized spacial score (nSPS) is 11.8. The molecule has 0 saturated carbocycles. The molecule has 4 rings (SSSR count). The molecule has 0 aliphatic carbocycles. The Labute approximate surface area is 222 Å². The van der Waals surface area contributed by atoms with Gasteiger partial charge >= 0.3 is 0 Å². The Bertz CT molecular complexity index is 1260. The summed E-state index contributed by atoms with van der Waals surface area (Å²) < 4.78 is 39.5. The molecular weight excluding hydrogens is 532 g/mol. The van der Waals surface area contributed by atoms with Crippen molar-refractivity contribution in [3.8, 4) is 11.3 Å². The van der Waals surface area contributed by atoms with E-state index in [1.165, 1.54) is 11.1 Å². The number of hydrogen-bond acceptors (Lipinski definition) is 5. The number of carbonyl (C=O) groups excluding carboxylic acids is 2. The topological polar surface area (TPSA) is 95.4 Å². The van der Waals surface area contributed by atoms with Crippen LogP contribution in [0.4, 0.5) is 13.2 Å². The Morgan fingerprint density at radius 3 is 2.54 bits per heavy atom. The van der Waals surface area contributed by atoms with Gasteiger partial charge < -0.3 is 15.3 Å². The van der Waals surface area contributed by atoms with E-state index in [9.17, 15) is 22.8 Å². The molecule has 1 aromatic heterocycles. The second kappa shape index (κ2) is 13.9. The van der Waals surface area contributed by atoms with Crippen LogP contribution in [0.5, 0.6) is 0 Å². The van der Waals surface area contributed by atoms with Crippen molar-refractivity contribution in [3.63, 3.8) is 0 Å². The number of benzene rings is 2. The highest BCUT2D eigenvalue weighted by Crippen LogP contribution is 2.31. The predicted octanol–water partition coefficient (Wildman–Crippen LogP) is 5.43. The van der Waals surface area contributed by atoms with Crippen LogP contribution in [0.25, 0.3) is 11.3 Å². The number of nitrogens with one attached hydrogen (secondary N) is 1.